The van der Waals surface area contributed by atoms with E-state index in [2.05, 4.69) is 10.3 Å². The van der Waals surface area contributed by atoms with E-state index in [1.54, 1.807) is 17.5 Å². The number of nitrogens with zero attached hydrogens (tertiary/aromatic N) is 2. The lowest BCUT2D eigenvalue weighted by Gasteiger charge is -2.08. The van der Waals surface area contributed by atoms with Gasteiger partial charge in [0.2, 0.25) is 0 Å². The minimum absolute atomic E-state index is 0.251. The van der Waals surface area contributed by atoms with E-state index in [1.165, 1.54) is 11.3 Å². The van der Waals surface area contributed by atoms with Crippen LogP contribution >= 0.6 is 11.3 Å². The van der Waals surface area contributed by atoms with E-state index in [0.717, 1.165) is 22.3 Å². The highest BCUT2D eigenvalue weighted by Crippen LogP contribution is 2.36. The summed E-state index contributed by atoms with van der Waals surface area (Å²) in [4.78, 5) is 30.0. The Hall–Kier alpha value is -3.45. The number of hydrogen-bond acceptors (Lipinski definition) is 5. The van der Waals surface area contributed by atoms with Gasteiger partial charge in [-0.25, -0.2) is 9.78 Å². The number of imidazole rings is 1. The number of benzene rings is 1. The van der Waals surface area contributed by atoms with Gasteiger partial charge in [-0.15, -0.1) is 11.3 Å². The van der Waals surface area contributed by atoms with E-state index in [4.69, 9.17) is 4.74 Å². The van der Waals surface area contributed by atoms with Gasteiger partial charge in [0.1, 0.15) is 21.9 Å². The van der Waals surface area contributed by atoms with Crippen molar-refractivity contribution in [3.63, 3.8) is 0 Å². The molecule has 6 nitrogen and oxygen atoms in total. The quantitative estimate of drug-likeness (QED) is 0.456. The van der Waals surface area contributed by atoms with Crippen LogP contribution in [-0.2, 0) is 4.74 Å². The van der Waals surface area contributed by atoms with Crippen molar-refractivity contribution in [3.8, 4) is 11.1 Å². The minimum atomic E-state index is -0.463. The van der Waals surface area contributed by atoms with Crippen LogP contribution in [0.1, 0.15) is 38.9 Å². The molecule has 4 rings (SSSR count). The third-order valence-electron chi connectivity index (χ3n) is 4.71. The van der Waals surface area contributed by atoms with Gasteiger partial charge in [0.25, 0.3) is 5.91 Å². The number of ether oxygens (including phenoxy) is 1. The van der Waals surface area contributed by atoms with Gasteiger partial charge >= 0.3 is 5.97 Å². The van der Waals surface area contributed by atoms with E-state index in [-0.39, 0.29) is 18.2 Å². The SMILES string of the molecule is CCOC(=O)c1c(-c2ccc(C)cc2)csc1NC(=O)c1cn2ccc(C)cc2n1. The molecule has 3 heterocycles. The van der Waals surface area contributed by atoms with Crippen LogP contribution in [0.3, 0.4) is 0 Å². The summed E-state index contributed by atoms with van der Waals surface area (Å²) >= 11 is 1.29. The van der Waals surface area contributed by atoms with E-state index in [9.17, 15) is 9.59 Å². The van der Waals surface area contributed by atoms with Gasteiger partial charge in [0.15, 0.2) is 0 Å². The number of nitrogens with one attached hydrogen (secondary N) is 1. The van der Waals surface area contributed by atoms with Crippen molar-refractivity contribution in [1.29, 1.82) is 0 Å². The van der Waals surface area contributed by atoms with Crippen molar-refractivity contribution in [2.24, 2.45) is 0 Å². The lowest BCUT2D eigenvalue weighted by atomic mass is 10.0. The number of esters is 1. The maximum Gasteiger partial charge on any atom is 0.341 e. The topological polar surface area (TPSA) is 72.7 Å². The van der Waals surface area contributed by atoms with Crippen LogP contribution in [0.25, 0.3) is 16.8 Å². The summed E-state index contributed by atoms with van der Waals surface area (Å²) in [6, 6.07) is 11.7. The molecule has 4 aromatic rings. The fraction of sp³-hybridized carbons (Fsp3) is 0.174. The highest BCUT2D eigenvalue weighted by Gasteiger charge is 2.24. The summed E-state index contributed by atoms with van der Waals surface area (Å²) in [5.41, 5.74) is 5.15. The van der Waals surface area contributed by atoms with Crippen molar-refractivity contribution in [3.05, 3.63) is 76.6 Å². The number of carbonyl (C=O) groups is 2. The fourth-order valence-corrected chi connectivity index (χ4v) is 4.11. The fourth-order valence-electron chi connectivity index (χ4n) is 3.16. The second kappa shape index (κ2) is 8.12. The van der Waals surface area contributed by atoms with E-state index in [1.807, 2.05) is 61.8 Å². The van der Waals surface area contributed by atoms with E-state index in [0.29, 0.717) is 16.2 Å². The number of amides is 1. The average molecular weight is 420 g/mol. The van der Waals surface area contributed by atoms with E-state index < -0.39 is 5.97 Å². The average Bonchev–Trinajstić information content (AvgIpc) is 3.32. The molecule has 3 aromatic heterocycles. The van der Waals surface area contributed by atoms with Crippen LogP contribution in [0.5, 0.6) is 0 Å². The van der Waals surface area contributed by atoms with Gasteiger partial charge < -0.3 is 14.5 Å². The van der Waals surface area contributed by atoms with Crippen molar-refractivity contribution in [2.45, 2.75) is 20.8 Å². The van der Waals surface area contributed by atoms with Gasteiger partial charge in [-0.2, -0.15) is 0 Å². The predicted molar refractivity (Wildman–Crippen MR) is 118 cm³/mol. The Balaban J connectivity index is 1.69. The van der Waals surface area contributed by atoms with Crippen LogP contribution in [0.15, 0.2) is 54.2 Å². The normalized spacial score (nSPS) is 10.9. The Morgan fingerprint density at radius 2 is 1.90 bits per heavy atom. The second-order valence-electron chi connectivity index (χ2n) is 6.99. The first-order valence-electron chi connectivity index (χ1n) is 9.58. The van der Waals surface area contributed by atoms with Crippen LogP contribution in [-0.4, -0.2) is 27.9 Å². The molecule has 0 spiro atoms. The number of aromatic nitrogens is 2. The Kier molecular flexibility index (Phi) is 5.37. The van der Waals surface area contributed by atoms with Crippen molar-refractivity contribution >= 4 is 33.9 Å². The zero-order valence-corrected chi connectivity index (χ0v) is 17.7. The molecule has 0 unspecified atom stereocenters. The molecule has 0 aliphatic heterocycles. The van der Waals surface area contributed by atoms with Crippen LogP contribution in [0.2, 0.25) is 0 Å². The molecule has 0 radical (unpaired) electrons. The lowest BCUT2D eigenvalue weighted by molar-refractivity contribution is 0.0529. The predicted octanol–water partition coefficient (Wildman–Crippen LogP) is 5.11. The zero-order chi connectivity index (χ0) is 21.3. The Labute approximate surface area is 178 Å². The maximum absolute atomic E-state index is 12.9. The van der Waals surface area contributed by atoms with Crippen molar-refractivity contribution < 1.29 is 14.3 Å². The molecular formula is C23H21N3O3S. The minimum Gasteiger partial charge on any atom is -0.462 e. The highest BCUT2D eigenvalue weighted by atomic mass is 32.1. The zero-order valence-electron chi connectivity index (χ0n) is 16.9. The lowest BCUT2D eigenvalue weighted by Crippen LogP contribution is -2.15. The van der Waals surface area contributed by atoms with Crippen LogP contribution in [0.4, 0.5) is 5.00 Å². The number of fused-ring (bicyclic) bond motifs is 1. The maximum atomic E-state index is 12.9. The first-order chi connectivity index (χ1) is 14.5. The molecule has 1 N–H and O–H groups in total. The Bertz CT molecular complexity index is 1240. The summed E-state index contributed by atoms with van der Waals surface area (Å²) in [6.45, 7) is 5.98. The number of thiophene rings is 1. The standard InChI is InChI=1S/C23H21N3O3S/c1-4-29-23(28)20-17(16-7-5-14(2)6-8-16)13-30-22(20)25-21(27)18-12-26-10-9-15(3)11-19(26)24-18/h5-13H,4H2,1-3H3,(H,25,27). The summed E-state index contributed by atoms with van der Waals surface area (Å²) < 4.78 is 7.05. The molecule has 0 atom stereocenters. The van der Waals surface area contributed by atoms with Gasteiger partial charge in [-0.05, 0) is 44.0 Å². The molecule has 1 amide bonds. The molecule has 0 bridgehead atoms. The highest BCUT2D eigenvalue weighted by molar-refractivity contribution is 7.15. The summed E-state index contributed by atoms with van der Waals surface area (Å²) in [7, 11) is 0. The van der Waals surface area contributed by atoms with Crippen LogP contribution < -0.4 is 5.32 Å². The number of hydrogen-bond donors (Lipinski definition) is 1. The monoisotopic (exact) mass is 419 g/mol. The van der Waals surface area contributed by atoms with Crippen LogP contribution in [0, 0.1) is 13.8 Å². The molecule has 0 aliphatic carbocycles. The Morgan fingerprint density at radius 1 is 1.13 bits per heavy atom. The molecule has 1 aromatic carbocycles. The molecule has 152 valence electrons. The number of rotatable bonds is 5. The number of anilines is 1. The third kappa shape index (κ3) is 3.84. The van der Waals surface area contributed by atoms with Gasteiger partial charge in [0, 0.05) is 23.3 Å². The number of aryl methyl sites for hydroxylation is 2. The smallest absolute Gasteiger partial charge is 0.341 e. The molecule has 0 aliphatic rings. The number of carbonyl (C=O) groups excluding carboxylic acids is 2. The molecular weight excluding hydrogens is 398 g/mol. The molecule has 0 fully saturated rings. The first kappa shape index (κ1) is 19.8. The molecule has 0 saturated carbocycles. The molecule has 0 saturated heterocycles. The first-order valence-corrected chi connectivity index (χ1v) is 10.5. The third-order valence-corrected chi connectivity index (χ3v) is 5.60. The largest absolute Gasteiger partial charge is 0.462 e. The summed E-state index contributed by atoms with van der Waals surface area (Å²) in [5, 5.41) is 5.15. The second-order valence-corrected chi connectivity index (χ2v) is 7.87. The van der Waals surface area contributed by atoms with Gasteiger partial charge in [-0.1, -0.05) is 29.8 Å². The van der Waals surface area contributed by atoms with Gasteiger partial charge in [0.05, 0.1) is 6.61 Å². The molecule has 30 heavy (non-hydrogen) atoms. The Morgan fingerprint density at radius 3 is 2.63 bits per heavy atom. The number of pyridine rings is 1. The van der Waals surface area contributed by atoms with Crippen molar-refractivity contribution in [1.82, 2.24) is 9.38 Å². The summed E-state index contributed by atoms with van der Waals surface area (Å²) in [5.74, 6) is -0.838. The van der Waals surface area contributed by atoms with Crippen molar-refractivity contribution in [2.75, 3.05) is 11.9 Å². The van der Waals surface area contributed by atoms with Gasteiger partial charge in [-0.3, -0.25) is 4.79 Å². The summed E-state index contributed by atoms with van der Waals surface area (Å²) in [6.07, 6.45) is 3.53. The van der Waals surface area contributed by atoms with E-state index >= 15 is 0 Å². The molecule has 7 heteroatoms.